The minimum atomic E-state index is -1.27. The summed E-state index contributed by atoms with van der Waals surface area (Å²) >= 11 is 5.49. The Kier molecular flexibility index (Phi) is 2.96. The van der Waals surface area contributed by atoms with Gasteiger partial charge >= 0.3 is 6.16 Å². The summed E-state index contributed by atoms with van der Waals surface area (Å²) in [7, 11) is 0. The summed E-state index contributed by atoms with van der Waals surface area (Å²) in [6, 6.07) is 0. The third-order valence-corrected chi connectivity index (χ3v) is 1.86. The zero-order chi connectivity index (χ0) is 8.27. The van der Waals surface area contributed by atoms with Crippen LogP contribution in [0.5, 0.6) is 0 Å². The molecular weight excluding hydrogens is 172 g/mol. The Labute approximate surface area is 69.0 Å². The van der Waals surface area contributed by atoms with Crippen molar-refractivity contribution in [2.24, 2.45) is 0 Å². The highest BCUT2D eigenvalue weighted by molar-refractivity contribution is 6.18. The maximum atomic E-state index is 10.1. The predicted molar refractivity (Wildman–Crippen MR) is 38.0 cm³/mol. The summed E-state index contributed by atoms with van der Waals surface area (Å²) in [5, 5.41) is 8.27. The molecule has 0 saturated carbocycles. The summed E-state index contributed by atoms with van der Waals surface area (Å²) in [6.07, 6.45) is -1.32. The second-order valence-corrected chi connectivity index (χ2v) is 2.58. The van der Waals surface area contributed by atoms with Crippen molar-refractivity contribution in [3.63, 3.8) is 0 Å². The normalized spacial score (nSPS) is 30.3. The van der Waals surface area contributed by atoms with Gasteiger partial charge < -0.3 is 14.6 Å². The van der Waals surface area contributed by atoms with E-state index in [4.69, 9.17) is 21.4 Å². The Hall–Kier alpha value is -0.480. The second-order valence-electron chi connectivity index (χ2n) is 2.27. The lowest BCUT2D eigenvalue weighted by Gasteiger charge is -2.13. The quantitative estimate of drug-likeness (QED) is 0.510. The van der Waals surface area contributed by atoms with Crippen LogP contribution in [0.2, 0.25) is 0 Å². The summed E-state index contributed by atoms with van der Waals surface area (Å²) in [4.78, 5) is 10.1. The van der Waals surface area contributed by atoms with Crippen molar-refractivity contribution in [3.8, 4) is 0 Å². The first-order chi connectivity index (χ1) is 5.24. The highest BCUT2D eigenvalue weighted by Crippen LogP contribution is 2.18. The van der Waals surface area contributed by atoms with Gasteiger partial charge in [-0.15, -0.1) is 11.6 Å². The first kappa shape index (κ1) is 8.62. The van der Waals surface area contributed by atoms with Crippen LogP contribution < -0.4 is 0 Å². The molecule has 0 spiro atoms. The molecule has 11 heavy (non-hydrogen) atoms. The molecule has 1 saturated heterocycles. The molecule has 2 atom stereocenters. The van der Waals surface area contributed by atoms with E-state index in [1.807, 2.05) is 0 Å². The Morgan fingerprint density at radius 2 is 2.55 bits per heavy atom. The van der Waals surface area contributed by atoms with Crippen molar-refractivity contribution in [3.05, 3.63) is 0 Å². The molecule has 0 aromatic carbocycles. The van der Waals surface area contributed by atoms with Crippen LogP contribution >= 0.6 is 11.6 Å². The van der Waals surface area contributed by atoms with E-state index in [-0.39, 0.29) is 18.1 Å². The topological polar surface area (TPSA) is 55.8 Å². The van der Waals surface area contributed by atoms with Gasteiger partial charge in [0.25, 0.3) is 0 Å². The first-order valence-electron chi connectivity index (χ1n) is 3.31. The van der Waals surface area contributed by atoms with E-state index >= 15 is 0 Å². The molecule has 1 aliphatic heterocycles. The predicted octanol–water partition coefficient (Wildman–Crippen LogP) is 1.08. The van der Waals surface area contributed by atoms with Crippen LogP contribution in [0.25, 0.3) is 0 Å². The van der Waals surface area contributed by atoms with E-state index in [2.05, 4.69) is 4.74 Å². The maximum absolute atomic E-state index is 10.1. The molecule has 4 nitrogen and oxygen atoms in total. The molecule has 0 bridgehead atoms. The van der Waals surface area contributed by atoms with Gasteiger partial charge in [0.1, 0.15) is 12.2 Å². The highest BCUT2D eigenvalue weighted by Gasteiger charge is 2.30. The Morgan fingerprint density at radius 1 is 1.82 bits per heavy atom. The van der Waals surface area contributed by atoms with Crippen LogP contribution in [0.4, 0.5) is 4.79 Å². The molecular formula is C6H9ClO4. The minimum absolute atomic E-state index is 0.271. The third-order valence-electron chi connectivity index (χ3n) is 1.55. The van der Waals surface area contributed by atoms with Crippen LogP contribution in [-0.4, -0.2) is 36.0 Å². The molecule has 64 valence electrons. The van der Waals surface area contributed by atoms with Crippen LogP contribution in [0, 0.1) is 0 Å². The lowest BCUT2D eigenvalue weighted by atomic mass is 10.2. The number of ether oxygens (including phenoxy) is 2. The number of carbonyl (C=O) groups is 1. The fourth-order valence-electron chi connectivity index (χ4n) is 1.04. The monoisotopic (exact) mass is 180 g/mol. The molecule has 0 amide bonds. The van der Waals surface area contributed by atoms with E-state index < -0.39 is 6.16 Å². The number of hydrogen-bond acceptors (Lipinski definition) is 3. The third kappa shape index (κ3) is 2.24. The maximum Gasteiger partial charge on any atom is 0.506 e. The number of hydrogen-bond donors (Lipinski definition) is 1. The number of halogens is 1. The van der Waals surface area contributed by atoms with Gasteiger partial charge in [-0.3, -0.25) is 0 Å². The van der Waals surface area contributed by atoms with E-state index in [0.29, 0.717) is 13.0 Å². The van der Waals surface area contributed by atoms with E-state index in [0.717, 1.165) is 0 Å². The van der Waals surface area contributed by atoms with Gasteiger partial charge in [0.05, 0.1) is 12.5 Å². The number of rotatable bonds is 2. The smallest absolute Gasteiger partial charge is 0.450 e. The molecule has 1 N–H and O–H groups in total. The highest BCUT2D eigenvalue weighted by atomic mass is 35.5. The summed E-state index contributed by atoms with van der Waals surface area (Å²) < 4.78 is 9.62. The zero-order valence-corrected chi connectivity index (χ0v) is 6.58. The Balaban J connectivity index is 2.37. The lowest BCUT2D eigenvalue weighted by molar-refractivity contribution is 0.0135. The Bertz CT molecular complexity index is 150. The summed E-state index contributed by atoms with van der Waals surface area (Å²) in [5.74, 6) is 0.276. The Morgan fingerprint density at radius 3 is 3.09 bits per heavy atom. The SMILES string of the molecule is O=C(O)OC1CCOC1CCl. The van der Waals surface area contributed by atoms with Crippen LogP contribution in [0.3, 0.4) is 0 Å². The zero-order valence-electron chi connectivity index (χ0n) is 5.83. The molecule has 0 aromatic rings. The molecule has 5 heteroatoms. The van der Waals surface area contributed by atoms with E-state index in [1.165, 1.54) is 0 Å². The van der Waals surface area contributed by atoms with Gasteiger partial charge in [-0.2, -0.15) is 0 Å². The van der Waals surface area contributed by atoms with Gasteiger partial charge in [-0.05, 0) is 0 Å². The van der Waals surface area contributed by atoms with Crippen molar-refractivity contribution >= 4 is 17.8 Å². The van der Waals surface area contributed by atoms with Crippen LogP contribution in [0.15, 0.2) is 0 Å². The standard InChI is InChI=1S/C6H9ClO4/c7-3-5-4(1-2-10-5)11-6(8)9/h4-5H,1-3H2,(H,8,9). The van der Waals surface area contributed by atoms with Crippen LogP contribution in [0.1, 0.15) is 6.42 Å². The fraction of sp³-hybridized carbons (Fsp3) is 0.833. The summed E-state index contributed by atoms with van der Waals surface area (Å²) in [5.41, 5.74) is 0. The van der Waals surface area contributed by atoms with Crippen molar-refractivity contribution in [1.29, 1.82) is 0 Å². The van der Waals surface area contributed by atoms with Gasteiger partial charge in [-0.1, -0.05) is 0 Å². The van der Waals surface area contributed by atoms with Gasteiger partial charge in [0.2, 0.25) is 0 Å². The van der Waals surface area contributed by atoms with Crippen LogP contribution in [-0.2, 0) is 9.47 Å². The largest absolute Gasteiger partial charge is 0.506 e. The van der Waals surface area contributed by atoms with E-state index in [1.54, 1.807) is 0 Å². The van der Waals surface area contributed by atoms with Crippen molar-refractivity contribution in [2.45, 2.75) is 18.6 Å². The summed E-state index contributed by atoms with van der Waals surface area (Å²) in [6.45, 7) is 0.523. The van der Waals surface area contributed by atoms with Crippen molar-refractivity contribution < 1.29 is 19.4 Å². The number of carboxylic acid groups (broad SMARTS) is 1. The molecule has 1 fully saturated rings. The second kappa shape index (κ2) is 3.78. The molecule has 1 heterocycles. The molecule has 2 unspecified atom stereocenters. The number of alkyl halides is 1. The van der Waals surface area contributed by atoms with Gasteiger partial charge in [-0.25, -0.2) is 4.79 Å². The molecule has 0 radical (unpaired) electrons. The fourth-order valence-corrected chi connectivity index (χ4v) is 1.32. The average molecular weight is 181 g/mol. The molecule has 1 rings (SSSR count). The average Bonchev–Trinajstić information content (AvgIpc) is 2.34. The molecule has 1 aliphatic rings. The van der Waals surface area contributed by atoms with Gasteiger partial charge in [0, 0.05) is 6.42 Å². The molecule has 0 aliphatic carbocycles. The minimum Gasteiger partial charge on any atom is -0.450 e. The van der Waals surface area contributed by atoms with Gasteiger partial charge in [0.15, 0.2) is 0 Å². The first-order valence-corrected chi connectivity index (χ1v) is 3.84. The van der Waals surface area contributed by atoms with Crippen molar-refractivity contribution in [2.75, 3.05) is 12.5 Å². The van der Waals surface area contributed by atoms with E-state index in [9.17, 15) is 4.79 Å². The lowest BCUT2D eigenvalue weighted by Crippen LogP contribution is -2.27. The molecule has 0 aromatic heterocycles. The van der Waals surface area contributed by atoms with Crippen molar-refractivity contribution in [1.82, 2.24) is 0 Å².